The maximum atomic E-state index is 14.8. The van der Waals surface area contributed by atoms with Crippen LogP contribution in [0.4, 0.5) is 0 Å². The fourth-order valence-corrected chi connectivity index (χ4v) is 11.8. The van der Waals surface area contributed by atoms with E-state index < -0.39 is 47.8 Å². The number of imide groups is 1. The quantitative estimate of drug-likeness (QED) is 0.0902. The molecule has 9 amide bonds. The fraction of sp³-hybridized carbons (Fsp3) is 0.712. The molecule has 7 unspecified atom stereocenters. The highest BCUT2D eigenvalue weighted by Crippen LogP contribution is 2.53. The van der Waals surface area contributed by atoms with Gasteiger partial charge in [0, 0.05) is 92.0 Å². The van der Waals surface area contributed by atoms with Crippen molar-refractivity contribution < 1.29 is 57.5 Å². The first-order chi connectivity index (χ1) is 38.0. The molecular formula is C59H93N9O12. The number of hydrogen-bond donors (Lipinski definition) is 3. The second-order valence-electron chi connectivity index (χ2n) is 23.1. The number of amides is 9. The van der Waals surface area contributed by atoms with Crippen molar-refractivity contribution in [3.8, 4) is 0 Å². The Balaban J connectivity index is 1.16. The first kappa shape index (κ1) is 65.0. The third-order valence-electron chi connectivity index (χ3n) is 16.8. The number of rotatable bonds is 31. The summed E-state index contributed by atoms with van der Waals surface area (Å²) in [6, 6.07) is 7.15. The molecule has 80 heavy (non-hydrogen) atoms. The van der Waals surface area contributed by atoms with Crippen LogP contribution >= 0.6 is 0 Å². The van der Waals surface area contributed by atoms with E-state index in [2.05, 4.69) is 16.0 Å². The number of carbonyl (C=O) groups excluding carboxylic acids is 9. The average Bonchev–Trinajstić information content (AvgIpc) is 3.82. The van der Waals surface area contributed by atoms with Gasteiger partial charge in [-0.2, -0.15) is 0 Å². The van der Waals surface area contributed by atoms with E-state index in [1.807, 2.05) is 83.8 Å². The van der Waals surface area contributed by atoms with Crippen molar-refractivity contribution in [2.45, 2.75) is 167 Å². The maximum Gasteiger partial charge on any atom is 0.272 e. The zero-order valence-corrected chi connectivity index (χ0v) is 49.7. The molecule has 1 aromatic carbocycles. The predicted octanol–water partition coefficient (Wildman–Crippen LogP) is 3.66. The zero-order valence-electron chi connectivity index (χ0n) is 49.7. The number of likely N-dealkylation sites (N-methyl/N-ethyl adjacent to an activating group) is 3. The Morgan fingerprint density at radius 3 is 2.11 bits per heavy atom. The molecule has 5 rings (SSSR count). The lowest BCUT2D eigenvalue weighted by atomic mass is 9.89. The Hall–Kier alpha value is -5.77. The molecule has 10 atom stereocenters. The van der Waals surface area contributed by atoms with E-state index in [0.29, 0.717) is 64.8 Å². The van der Waals surface area contributed by atoms with Crippen molar-refractivity contribution in [3.63, 3.8) is 0 Å². The monoisotopic (exact) mass is 1120 g/mol. The Kier molecular flexibility index (Phi) is 24.7. The lowest BCUT2D eigenvalue weighted by Crippen LogP contribution is -2.60. The van der Waals surface area contributed by atoms with Crippen LogP contribution < -0.4 is 16.0 Å². The molecule has 0 bridgehead atoms. The SMILES string of the molecule is CCC(C)C(C(CC(=O)N1CCC[C@H]1C(OC)C(C)C(=O)N[C@@]1(C(=O)N2CCCCO2)C[C@@H]1c1ccccc1)OC)N(C)C(=O)C(NC(=O)C(C(C)C)N(C)CCCC(=O)NCCN(C)C(=O)CCCN1C(=O)C=CC1=O)C(C)C. The molecule has 1 saturated carbocycles. The third-order valence-corrected chi connectivity index (χ3v) is 16.8. The Morgan fingerprint density at radius 1 is 0.825 bits per heavy atom. The van der Waals surface area contributed by atoms with Crippen LogP contribution in [0.2, 0.25) is 0 Å². The summed E-state index contributed by atoms with van der Waals surface area (Å²) in [5.41, 5.74) is -0.216. The molecule has 0 spiro atoms. The summed E-state index contributed by atoms with van der Waals surface area (Å²) in [5.74, 6) is -4.12. The van der Waals surface area contributed by atoms with Crippen LogP contribution in [0.5, 0.6) is 0 Å². The van der Waals surface area contributed by atoms with Gasteiger partial charge in [0.2, 0.25) is 35.4 Å². The van der Waals surface area contributed by atoms with Gasteiger partial charge < -0.3 is 40.1 Å². The summed E-state index contributed by atoms with van der Waals surface area (Å²) in [4.78, 5) is 135. The van der Waals surface area contributed by atoms with Crippen molar-refractivity contribution in [1.29, 1.82) is 0 Å². The second kappa shape index (κ2) is 30.3. The number of benzene rings is 1. The first-order valence-electron chi connectivity index (χ1n) is 29.0. The zero-order chi connectivity index (χ0) is 59.0. The van der Waals surface area contributed by atoms with Gasteiger partial charge in [-0.3, -0.25) is 57.8 Å². The second-order valence-corrected chi connectivity index (χ2v) is 23.1. The standard InChI is InChI=1S/C59H93N9O12/c1-13-40(6)53(45(78-11)36-50(73)66-31-19-24-44(66)54(79-12)41(7)55(74)62-59(58(77)68-33-17-18-35-80-68)37-43(59)42-22-15-14-16-23-42)65(10)57(76)51(38(2)3)61-56(75)52(39(4)5)64(9)30-20-25-46(69)60-29-34-63(8)47(70)26-21-32-67-48(71)27-28-49(67)72/h14-16,22-23,27-28,38-41,43-45,51-54H,13,17-21,24-26,29-37H2,1-12H3,(H,60,69)(H,61,75)(H,62,74)/t40?,41?,43-,44+,45?,51?,52?,53?,54?,59+/m1/s1. The van der Waals surface area contributed by atoms with Gasteiger partial charge in [-0.25, -0.2) is 5.06 Å². The van der Waals surface area contributed by atoms with E-state index in [1.165, 1.54) is 29.2 Å². The maximum absolute atomic E-state index is 14.8. The van der Waals surface area contributed by atoms with Gasteiger partial charge in [-0.05, 0) is 81.9 Å². The Labute approximate surface area is 474 Å². The summed E-state index contributed by atoms with van der Waals surface area (Å²) >= 11 is 0. The van der Waals surface area contributed by atoms with E-state index in [0.717, 1.165) is 23.3 Å². The van der Waals surface area contributed by atoms with Crippen LogP contribution in [-0.4, -0.2) is 206 Å². The summed E-state index contributed by atoms with van der Waals surface area (Å²) in [6.07, 6.45) is 6.14. The van der Waals surface area contributed by atoms with Crippen molar-refractivity contribution >= 4 is 53.2 Å². The average molecular weight is 1120 g/mol. The molecule has 3 N–H and O–H groups in total. The molecule has 446 valence electrons. The van der Waals surface area contributed by atoms with Crippen molar-refractivity contribution in [2.75, 3.05) is 81.2 Å². The van der Waals surface area contributed by atoms with Crippen LogP contribution in [-0.2, 0) is 57.5 Å². The molecule has 2 saturated heterocycles. The summed E-state index contributed by atoms with van der Waals surface area (Å²) in [7, 11) is 8.23. The minimum atomic E-state index is -1.17. The summed E-state index contributed by atoms with van der Waals surface area (Å²) in [5, 5.41) is 10.5. The van der Waals surface area contributed by atoms with Gasteiger partial charge in [0.15, 0.2) is 0 Å². The van der Waals surface area contributed by atoms with E-state index in [9.17, 15) is 43.2 Å². The van der Waals surface area contributed by atoms with Crippen LogP contribution in [0.15, 0.2) is 42.5 Å². The molecule has 0 radical (unpaired) electrons. The highest BCUT2D eigenvalue weighted by Gasteiger charge is 2.64. The molecule has 0 aromatic heterocycles. The van der Waals surface area contributed by atoms with Crippen molar-refractivity contribution in [1.82, 2.24) is 45.5 Å². The topological polar surface area (TPSA) is 237 Å². The van der Waals surface area contributed by atoms with Gasteiger partial charge >= 0.3 is 0 Å². The summed E-state index contributed by atoms with van der Waals surface area (Å²) < 4.78 is 12.2. The third kappa shape index (κ3) is 16.5. The number of carbonyl (C=O) groups is 9. The predicted molar refractivity (Wildman–Crippen MR) is 301 cm³/mol. The van der Waals surface area contributed by atoms with Gasteiger partial charge in [0.05, 0.1) is 49.3 Å². The normalized spacial score (nSPS) is 21.7. The van der Waals surface area contributed by atoms with Crippen molar-refractivity contribution in [2.24, 2.45) is 23.7 Å². The number of hydroxylamine groups is 2. The highest BCUT2D eigenvalue weighted by atomic mass is 16.7. The Morgan fingerprint density at radius 2 is 1.51 bits per heavy atom. The number of likely N-dealkylation sites (tertiary alicyclic amines) is 1. The van der Waals surface area contributed by atoms with Crippen LogP contribution in [0.3, 0.4) is 0 Å². The molecular weight excluding hydrogens is 1030 g/mol. The molecule has 3 aliphatic heterocycles. The van der Waals surface area contributed by atoms with Gasteiger partial charge in [-0.15, -0.1) is 0 Å². The first-order valence-corrected chi connectivity index (χ1v) is 29.0. The molecule has 1 aliphatic carbocycles. The van der Waals surface area contributed by atoms with E-state index in [4.69, 9.17) is 14.3 Å². The number of nitrogens with zero attached hydrogens (tertiary/aromatic N) is 6. The minimum Gasteiger partial charge on any atom is -0.379 e. The van der Waals surface area contributed by atoms with Crippen LogP contribution in [0, 0.1) is 23.7 Å². The molecule has 3 heterocycles. The van der Waals surface area contributed by atoms with E-state index in [-0.39, 0.29) is 116 Å². The largest absolute Gasteiger partial charge is 0.379 e. The number of nitrogens with one attached hydrogen (secondary N) is 3. The van der Waals surface area contributed by atoms with Gasteiger partial charge in [0.25, 0.3) is 17.7 Å². The fourth-order valence-electron chi connectivity index (χ4n) is 11.8. The lowest BCUT2D eigenvalue weighted by molar-refractivity contribution is -0.200. The lowest BCUT2D eigenvalue weighted by Gasteiger charge is -2.41. The molecule has 21 nitrogen and oxygen atoms in total. The number of hydrogen-bond acceptors (Lipinski definition) is 13. The minimum absolute atomic E-state index is 0.0520. The van der Waals surface area contributed by atoms with Crippen LogP contribution in [0.1, 0.15) is 131 Å². The van der Waals surface area contributed by atoms with E-state index >= 15 is 0 Å². The highest BCUT2D eigenvalue weighted by molar-refractivity contribution is 6.12. The van der Waals surface area contributed by atoms with Gasteiger partial charge in [-0.1, -0.05) is 85.2 Å². The summed E-state index contributed by atoms with van der Waals surface area (Å²) in [6.45, 7) is 15.9. The smallest absolute Gasteiger partial charge is 0.272 e. The van der Waals surface area contributed by atoms with Crippen molar-refractivity contribution in [3.05, 3.63) is 48.0 Å². The molecule has 4 aliphatic rings. The van der Waals surface area contributed by atoms with Crippen LogP contribution in [0.25, 0.3) is 0 Å². The van der Waals surface area contributed by atoms with Gasteiger partial charge in [0.1, 0.15) is 11.6 Å². The number of ether oxygens (including phenoxy) is 2. The molecule has 21 heteroatoms. The Bertz CT molecular complexity index is 2310. The van der Waals surface area contributed by atoms with E-state index in [1.54, 1.807) is 37.9 Å². The molecule has 1 aromatic rings. The number of methoxy groups -OCH3 is 2. The molecule has 3 fully saturated rings.